The van der Waals surface area contributed by atoms with E-state index in [2.05, 4.69) is 20.6 Å². The minimum Gasteiger partial charge on any atom is -0.481 e. The van der Waals surface area contributed by atoms with Gasteiger partial charge in [0.25, 0.3) is 0 Å². The third-order valence-electron chi connectivity index (χ3n) is 2.63. The molecule has 106 valence electrons. The summed E-state index contributed by atoms with van der Waals surface area (Å²) in [6.45, 7) is 1.78. The van der Waals surface area contributed by atoms with E-state index in [1.807, 2.05) is 0 Å². The Morgan fingerprint density at radius 1 is 1.50 bits per heavy atom. The molecule has 20 heavy (non-hydrogen) atoms. The molecule has 0 atom stereocenters. The number of carboxylic acid groups (broad SMARTS) is 1. The maximum Gasteiger partial charge on any atom is 0.303 e. The number of carbonyl (C=O) groups excluding carboxylic acids is 1. The van der Waals surface area contributed by atoms with Gasteiger partial charge in [-0.25, -0.2) is 9.67 Å². The summed E-state index contributed by atoms with van der Waals surface area (Å²) < 4.78 is 1.44. The molecule has 0 fully saturated rings. The molecule has 9 heteroatoms. The summed E-state index contributed by atoms with van der Waals surface area (Å²) in [5.74, 6) is -1.14. The smallest absolute Gasteiger partial charge is 0.303 e. The Bertz CT molecular complexity index is 608. The van der Waals surface area contributed by atoms with E-state index in [1.165, 1.54) is 16.0 Å². The van der Waals surface area contributed by atoms with Gasteiger partial charge in [0.2, 0.25) is 5.91 Å². The van der Waals surface area contributed by atoms with E-state index in [1.54, 1.807) is 18.5 Å². The summed E-state index contributed by atoms with van der Waals surface area (Å²) in [5.41, 5.74) is 1.29. The second-order valence-electron chi connectivity index (χ2n) is 4.06. The van der Waals surface area contributed by atoms with Crippen molar-refractivity contribution in [3.63, 3.8) is 0 Å². The van der Waals surface area contributed by atoms with E-state index in [4.69, 9.17) is 5.11 Å². The third-order valence-corrected chi connectivity index (χ3v) is 3.31. The standard InChI is InChI=1S/C11H13N5O3S/c1-7-8(2-3-10(18)19)14-15-16(7)6-9(17)13-11-12-4-5-20-11/h4-5H,2-3,6H2,1H3,(H,18,19)(H,12,13,17). The van der Waals surface area contributed by atoms with Crippen molar-refractivity contribution in [2.45, 2.75) is 26.3 Å². The van der Waals surface area contributed by atoms with Gasteiger partial charge in [-0.05, 0) is 6.92 Å². The summed E-state index contributed by atoms with van der Waals surface area (Å²) in [5, 5.41) is 21.3. The largest absolute Gasteiger partial charge is 0.481 e. The van der Waals surface area contributed by atoms with Crippen LogP contribution in [0.1, 0.15) is 17.8 Å². The van der Waals surface area contributed by atoms with Crippen molar-refractivity contribution in [3.8, 4) is 0 Å². The van der Waals surface area contributed by atoms with Crippen molar-refractivity contribution in [2.75, 3.05) is 5.32 Å². The van der Waals surface area contributed by atoms with Crippen molar-refractivity contribution in [1.29, 1.82) is 0 Å². The van der Waals surface area contributed by atoms with Gasteiger partial charge in [0.15, 0.2) is 5.13 Å². The lowest BCUT2D eigenvalue weighted by Gasteiger charge is -2.03. The number of amides is 1. The summed E-state index contributed by atoms with van der Waals surface area (Å²) in [7, 11) is 0. The Balaban J connectivity index is 1.96. The fourth-order valence-corrected chi connectivity index (χ4v) is 2.13. The van der Waals surface area contributed by atoms with Crippen LogP contribution in [0.4, 0.5) is 5.13 Å². The van der Waals surface area contributed by atoms with Crippen molar-refractivity contribution in [1.82, 2.24) is 20.0 Å². The van der Waals surface area contributed by atoms with Crippen LogP contribution in [0.25, 0.3) is 0 Å². The van der Waals surface area contributed by atoms with Crippen molar-refractivity contribution < 1.29 is 14.7 Å². The third kappa shape index (κ3) is 3.60. The highest BCUT2D eigenvalue weighted by Crippen LogP contribution is 2.11. The molecule has 0 unspecified atom stereocenters. The Labute approximate surface area is 118 Å². The van der Waals surface area contributed by atoms with Crippen LogP contribution >= 0.6 is 11.3 Å². The number of carbonyl (C=O) groups is 2. The number of thiazole rings is 1. The predicted octanol–water partition coefficient (Wildman–Crippen LogP) is 0.699. The Kier molecular flexibility index (Phi) is 4.41. The van der Waals surface area contributed by atoms with Gasteiger partial charge in [-0.15, -0.1) is 16.4 Å². The molecule has 0 aliphatic heterocycles. The second-order valence-corrected chi connectivity index (χ2v) is 4.95. The molecule has 0 saturated heterocycles. The molecule has 2 aromatic rings. The van der Waals surface area contributed by atoms with Crippen LogP contribution in [0, 0.1) is 6.92 Å². The highest BCUT2D eigenvalue weighted by molar-refractivity contribution is 7.13. The molecule has 0 aromatic carbocycles. The van der Waals surface area contributed by atoms with E-state index in [-0.39, 0.29) is 18.9 Å². The Morgan fingerprint density at radius 3 is 2.95 bits per heavy atom. The molecule has 2 N–H and O–H groups in total. The maximum atomic E-state index is 11.8. The molecule has 0 bridgehead atoms. The number of anilines is 1. The summed E-state index contributed by atoms with van der Waals surface area (Å²) >= 11 is 1.33. The number of hydrogen-bond donors (Lipinski definition) is 2. The average Bonchev–Trinajstić information content (AvgIpc) is 2.99. The zero-order valence-corrected chi connectivity index (χ0v) is 11.6. The zero-order chi connectivity index (χ0) is 14.5. The van der Waals surface area contributed by atoms with Gasteiger partial charge < -0.3 is 10.4 Å². The first-order chi connectivity index (χ1) is 9.56. The molecule has 2 heterocycles. The van der Waals surface area contributed by atoms with E-state index in [9.17, 15) is 9.59 Å². The molecule has 0 aliphatic rings. The fourth-order valence-electron chi connectivity index (χ4n) is 1.58. The Hall–Kier alpha value is -2.29. The van der Waals surface area contributed by atoms with Crippen LogP contribution in [-0.4, -0.2) is 37.0 Å². The number of aliphatic carboxylic acids is 1. The molecule has 2 rings (SSSR count). The van der Waals surface area contributed by atoms with Gasteiger partial charge >= 0.3 is 5.97 Å². The van der Waals surface area contributed by atoms with Crippen LogP contribution in [-0.2, 0) is 22.6 Å². The van der Waals surface area contributed by atoms with Gasteiger partial charge in [0, 0.05) is 18.0 Å². The van der Waals surface area contributed by atoms with E-state index in [0.717, 1.165) is 0 Å². The minimum absolute atomic E-state index is 0.00908. The van der Waals surface area contributed by atoms with Gasteiger partial charge in [0.1, 0.15) is 6.54 Å². The molecular formula is C11H13N5O3S. The molecule has 8 nitrogen and oxygen atoms in total. The van der Waals surface area contributed by atoms with Crippen LogP contribution in [0.3, 0.4) is 0 Å². The summed E-state index contributed by atoms with van der Waals surface area (Å²) in [6.07, 6.45) is 1.89. The van der Waals surface area contributed by atoms with Crippen molar-refractivity contribution in [2.24, 2.45) is 0 Å². The quantitative estimate of drug-likeness (QED) is 0.811. The van der Waals surface area contributed by atoms with Gasteiger partial charge in [-0.1, -0.05) is 5.21 Å². The SMILES string of the molecule is Cc1c(CCC(=O)O)nnn1CC(=O)Nc1nccs1. The fraction of sp³-hybridized carbons (Fsp3) is 0.364. The van der Waals surface area contributed by atoms with Crippen molar-refractivity contribution >= 4 is 28.3 Å². The maximum absolute atomic E-state index is 11.8. The topological polar surface area (TPSA) is 110 Å². The highest BCUT2D eigenvalue weighted by Gasteiger charge is 2.13. The number of hydrogen-bond acceptors (Lipinski definition) is 6. The second kappa shape index (κ2) is 6.24. The average molecular weight is 295 g/mol. The van der Waals surface area contributed by atoms with Crippen molar-refractivity contribution in [3.05, 3.63) is 23.0 Å². The lowest BCUT2D eigenvalue weighted by Crippen LogP contribution is -2.20. The monoisotopic (exact) mass is 295 g/mol. The van der Waals surface area contributed by atoms with Crippen LogP contribution in [0.15, 0.2) is 11.6 Å². The molecular weight excluding hydrogens is 282 g/mol. The molecule has 0 saturated carbocycles. The number of rotatable bonds is 6. The van der Waals surface area contributed by atoms with Gasteiger partial charge in [-0.2, -0.15) is 0 Å². The van der Waals surface area contributed by atoms with Gasteiger partial charge in [0.05, 0.1) is 17.8 Å². The van der Waals surface area contributed by atoms with Crippen LogP contribution in [0.2, 0.25) is 0 Å². The van der Waals surface area contributed by atoms with Gasteiger partial charge in [-0.3, -0.25) is 9.59 Å². The number of nitrogens with zero attached hydrogens (tertiary/aromatic N) is 4. The lowest BCUT2D eigenvalue weighted by molar-refractivity contribution is -0.137. The summed E-state index contributed by atoms with van der Waals surface area (Å²) in [6, 6.07) is 0. The lowest BCUT2D eigenvalue weighted by atomic mass is 10.2. The number of aryl methyl sites for hydroxylation is 1. The molecule has 1 amide bonds. The first-order valence-electron chi connectivity index (χ1n) is 5.86. The van der Waals surface area contributed by atoms with Crippen LogP contribution in [0.5, 0.6) is 0 Å². The molecule has 0 radical (unpaired) electrons. The van der Waals surface area contributed by atoms with E-state index in [0.29, 0.717) is 22.9 Å². The predicted molar refractivity (Wildman–Crippen MR) is 71.5 cm³/mol. The molecule has 0 spiro atoms. The number of carboxylic acids is 1. The first-order valence-corrected chi connectivity index (χ1v) is 6.74. The normalized spacial score (nSPS) is 10.4. The molecule has 0 aliphatic carbocycles. The highest BCUT2D eigenvalue weighted by atomic mass is 32.1. The minimum atomic E-state index is -0.888. The summed E-state index contributed by atoms with van der Waals surface area (Å²) in [4.78, 5) is 26.3. The molecule has 2 aromatic heterocycles. The number of nitrogens with one attached hydrogen (secondary N) is 1. The first kappa shape index (κ1) is 14.1. The van der Waals surface area contributed by atoms with Crippen LogP contribution < -0.4 is 5.32 Å². The zero-order valence-electron chi connectivity index (χ0n) is 10.7. The Morgan fingerprint density at radius 2 is 2.30 bits per heavy atom. The number of aromatic nitrogens is 4. The van der Waals surface area contributed by atoms with E-state index >= 15 is 0 Å². The van der Waals surface area contributed by atoms with E-state index < -0.39 is 5.97 Å².